The second kappa shape index (κ2) is 12.9. The maximum Gasteiger partial charge on any atom is 0.118 e. The molecule has 0 bridgehead atoms. The first kappa shape index (κ1) is 17.5. The van der Waals surface area contributed by atoms with Crippen LogP contribution in [0, 0.1) is 26.1 Å². The van der Waals surface area contributed by atoms with E-state index in [2.05, 4.69) is 25.7 Å². The minimum atomic E-state index is -0.166. The largest absolute Gasteiger partial charge is 0.368 e. The van der Waals surface area contributed by atoms with Crippen LogP contribution in [0.4, 0.5) is 0 Å². The fraction of sp³-hybridized carbons (Fsp3) is 0.750. The van der Waals surface area contributed by atoms with E-state index in [0.717, 1.165) is 32.1 Å². The van der Waals surface area contributed by atoms with Crippen LogP contribution in [0.15, 0.2) is 0 Å². The van der Waals surface area contributed by atoms with Crippen LogP contribution in [-0.4, -0.2) is 12.2 Å². The van der Waals surface area contributed by atoms with E-state index < -0.39 is 0 Å². The van der Waals surface area contributed by atoms with E-state index in [4.69, 9.17) is 23.7 Å². The van der Waals surface area contributed by atoms with Crippen LogP contribution >= 0.6 is 0 Å². The van der Waals surface area contributed by atoms with E-state index >= 15 is 0 Å². The molecule has 0 heterocycles. The highest BCUT2D eigenvalue weighted by atomic mass is 16.5. The summed E-state index contributed by atoms with van der Waals surface area (Å²) < 4.78 is 9.74. The Kier molecular flexibility index (Phi) is 12.6. The standard InChI is InChI=1S/C16H26O2/c1-5-7-9-12-16(18-4)14-10-13-15(17-3)11-8-6-2/h3-4,15-16H,5-9,11-13H2,1-2H3. The molecule has 2 unspecified atom stereocenters. The summed E-state index contributed by atoms with van der Waals surface area (Å²) in [4.78, 5) is 0. The maximum atomic E-state index is 5.24. The van der Waals surface area contributed by atoms with E-state index in [1.165, 1.54) is 12.8 Å². The summed E-state index contributed by atoms with van der Waals surface area (Å²) in [5, 5.41) is 0. The zero-order valence-corrected chi connectivity index (χ0v) is 11.8. The van der Waals surface area contributed by atoms with Gasteiger partial charge in [0.25, 0.3) is 0 Å². The average molecular weight is 250 g/mol. The molecule has 0 fully saturated rings. The monoisotopic (exact) mass is 250 g/mol. The first-order chi connectivity index (χ1) is 8.78. The van der Waals surface area contributed by atoms with Crippen molar-refractivity contribution in [3.8, 4) is 11.8 Å². The number of ether oxygens (including phenoxy) is 2. The van der Waals surface area contributed by atoms with Crippen molar-refractivity contribution in [1.82, 2.24) is 0 Å². The van der Waals surface area contributed by atoms with Gasteiger partial charge in [0.2, 0.25) is 0 Å². The third-order valence-electron chi connectivity index (χ3n) is 2.90. The minimum Gasteiger partial charge on any atom is -0.368 e. The van der Waals surface area contributed by atoms with Crippen molar-refractivity contribution in [3.05, 3.63) is 14.2 Å². The summed E-state index contributed by atoms with van der Waals surface area (Å²) in [5.74, 6) is 6.10. The molecule has 18 heavy (non-hydrogen) atoms. The Morgan fingerprint density at radius 2 is 1.67 bits per heavy atom. The van der Waals surface area contributed by atoms with E-state index in [9.17, 15) is 0 Å². The predicted octanol–water partition coefficient (Wildman–Crippen LogP) is 4.26. The van der Waals surface area contributed by atoms with E-state index in [1.54, 1.807) is 0 Å². The lowest BCUT2D eigenvalue weighted by molar-refractivity contribution is 0.131. The summed E-state index contributed by atoms with van der Waals surface area (Å²) in [6, 6.07) is 0. The first-order valence-electron chi connectivity index (χ1n) is 6.97. The van der Waals surface area contributed by atoms with Gasteiger partial charge in [-0.1, -0.05) is 51.4 Å². The Morgan fingerprint density at radius 3 is 2.22 bits per heavy atom. The van der Waals surface area contributed by atoms with Gasteiger partial charge in [-0.2, -0.15) is 0 Å². The van der Waals surface area contributed by atoms with Crippen molar-refractivity contribution in [2.45, 2.75) is 77.4 Å². The Morgan fingerprint density at radius 1 is 0.944 bits per heavy atom. The molecule has 2 heteroatoms. The first-order valence-corrected chi connectivity index (χ1v) is 6.97. The molecule has 0 aliphatic rings. The molecular weight excluding hydrogens is 224 g/mol. The molecule has 0 saturated heterocycles. The van der Waals surface area contributed by atoms with Crippen LogP contribution in [0.2, 0.25) is 0 Å². The van der Waals surface area contributed by atoms with Gasteiger partial charge in [0.15, 0.2) is 0 Å². The Bertz CT molecular complexity index is 227. The summed E-state index contributed by atoms with van der Waals surface area (Å²) >= 11 is 0. The van der Waals surface area contributed by atoms with E-state index in [1.807, 2.05) is 0 Å². The molecule has 0 rings (SSSR count). The molecule has 0 aromatic carbocycles. The molecule has 2 atom stereocenters. The van der Waals surface area contributed by atoms with Gasteiger partial charge in [0, 0.05) is 6.42 Å². The quantitative estimate of drug-likeness (QED) is 0.426. The fourth-order valence-electron chi connectivity index (χ4n) is 1.69. The summed E-state index contributed by atoms with van der Waals surface area (Å²) in [5.41, 5.74) is 0. The van der Waals surface area contributed by atoms with Crippen LogP contribution in [0.3, 0.4) is 0 Å². The summed E-state index contributed by atoms with van der Waals surface area (Å²) in [6.07, 6.45) is 8.05. The number of rotatable bonds is 10. The minimum absolute atomic E-state index is 0.0199. The van der Waals surface area contributed by atoms with Crippen LogP contribution in [-0.2, 0) is 9.47 Å². The van der Waals surface area contributed by atoms with Crippen LogP contribution < -0.4 is 0 Å². The van der Waals surface area contributed by atoms with E-state index in [-0.39, 0.29) is 12.2 Å². The fourth-order valence-corrected chi connectivity index (χ4v) is 1.69. The Balaban J connectivity index is 3.93. The molecule has 0 saturated carbocycles. The van der Waals surface area contributed by atoms with Crippen molar-refractivity contribution in [2.75, 3.05) is 0 Å². The van der Waals surface area contributed by atoms with Crippen LogP contribution in [0.25, 0.3) is 0 Å². The molecule has 0 aromatic heterocycles. The molecule has 2 nitrogen and oxygen atoms in total. The second-order valence-electron chi connectivity index (χ2n) is 4.55. The van der Waals surface area contributed by atoms with Crippen molar-refractivity contribution >= 4 is 0 Å². The van der Waals surface area contributed by atoms with Crippen molar-refractivity contribution in [2.24, 2.45) is 0 Å². The molecule has 0 aromatic rings. The summed E-state index contributed by atoms with van der Waals surface area (Å²) in [7, 11) is 10.5. The molecule has 102 valence electrons. The Labute approximate surface area is 113 Å². The molecule has 0 aliphatic carbocycles. The van der Waals surface area contributed by atoms with Crippen molar-refractivity contribution < 1.29 is 9.47 Å². The Hall–Kier alpha value is -0.520. The molecule has 0 amide bonds. The van der Waals surface area contributed by atoms with Crippen LogP contribution in [0.5, 0.6) is 0 Å². The normalized spacial score (nSPS) is 13.8. The second-order valence-corrected chi connectivity index (χ2v) is 4.55. The van der Waals surface area contributed by atoms with Crippen molar-refractivity contribution in [3.63, 3.8) is 0 Å². The molecule has 0 aliphatic heterocycles. The lowest BCUT2D eigenvalue weighted by Crippen LogP contribution is -2.09. The van der Waals surface area contributed by atoms with Gasteiger partial charge in [0.05, 0.1) is 6.10 Å². The van der Waals surface area contributed by atoms with E-state index in [0.29, 0.717) is 6.42 Å². The van der Waals surface area contributed by atoms with Gasteiger partial charge in [-0.25, -0.2) is 0 Å². The summed E-state index contributed by atoms with van der Waals surface area (Å²) in [6.45, 7) is 4.31. The number of hydrogen-bond donors (Lipinski definition) is 0. The SMILES string of the molecule is [CH]OC(C#CCC(CCCC)O[CH])CCCCC. The zero-order chi connectivity index (χ0) is 13.6. The van der Waals surface area contributed by atoms with Gasteiger partial charge in [-0.15, -0.1) is 0 Å². The topological polar surface area (TPSA) is 18.5 Å². The van der Waals surface area contributed by atoms with Gasteiger partial charge >= 0.3 is 0 Å². The van der Waals surface area contributed by atoms with Crippen LogP contribution in [0.1, 0.15) is 65.2 Å². The van der Waals surface area contributed by atoms with Gasteiger partial charge in [0.1, 0.15) is 20.3 Å². The van der Waals surface area contributed by atoms with Gasteiger partial charge < -0.3 is 9.47 Å². The smallest absolute Gasteiger partial charge is 0.118 e. The highest BCUT2D eigenvalue weighted by molar-refractivity contribution is 5.06. The third-order valence-corrected chi connectivity index (χ3v) is 2.90. The molecular formula is C16H26O2. The average Bonchev–Trinajstić information content (AvgIpc) is 2.40. The highest BCUT2D eigenvalue weighted by Crippen LogP contribution is 2.09. The van der Waals surface area contributed by atoms with Crippen molar-refractivity contribution in [1.29, 1.82) is 0 Å². The van der Waals surface area contributed by atoms with Gasteiger partial charge in [-0.05, 0) is 19.3 Å². The lowest BCUT2D eigenvalue weighted by atomic mass is 10.1. The third kappa shape index (κ3) is 9.50. The lowest BCUT2D eigenvalue weighted by Gasteiger charge is -2.11. The molecule has 4 radical (unpaired) electrons. The van der Waals surface area contributed by atoms with Gasteiger partial charge in [-0.3, -0.25) is 0 Å². The number of hydrogen-bond acceptors (Lipinski definition) is 2. The number of unbranched alkanes of at least 4 members (excludes halogenated alkanes) is 3. The molecule has 0 spiro atoms. The highest BCUT2D eigenvalue weighted by Gasteiger charge is 2.05. The maximum absolute atomic E-state index is 5.24. The predicted molar refractivity (Wildman–Crippen MR) is 74.4 cm³/mol. The zero-order valence-electron chi connectivity index (χ0n) is 11.8. The molecule has 0 N–H and O–H groups in total.